The maximum absolute atomic E-state index is 12.1. The van der Waals surface area contributed by atoms with E-state index in [9.17, 15) is 9.59 Å². The fourth-order valence-electron chi connectivity index (χ4n) is 2.34. The van der Waals surface area contributed by atoms with Crippen LogP contribution in [0.15, 0.2) is 30.3 Å². The number of carbonyl (C=O) groups excluding carboxylic acids is 2. The lowest BCUT2D eigenvalue weighted by molar-refractivity contribution is -0.117. The molecule has 7 heteroatoms. The van der Waals surface area contributed by atoms with Crippen LogP contribution in [0, 0.1) is 0 Å². The Morgan fingerprint density at radius 3 is 2.50 bits per heavy atom. The van der Waals surface area contributed by atoms with Gasteiger partial charge < -0.3 is 10.2 Å². The number of nitrogens with one attached hydrogen (secondary N) is 1. The van der Waals surface area contributed by atoms with Crippen molar-refractivity contribution in [2.75, 3.05) is 16.8 Å². The molecular weight excluding hydrogens is 343 g/mol. The highest BCUT2D eigenvalue weighted by Gasteiger charge is 2.21. The molecule has 114 valence electrons. The maximum atomic E-state index is 12.1. The molecule has 2 aromatic rings. The second-order valence-corrected chi connectivity index (χ2v) is 7.17. The van der Waals surface area contributed by atoms with Gasteiger partial charge in [-0.3, -0.25) is 9.59 Å². The van der Waals surface area contributed by atoms with Gasteiger partial charge >= 0.3 is 0 Å². The molecule has 2 heterocycles. The summed E-state index contributed by atoms with van der Waals surface area (Å²) in [6.07, 6.45) is 1.48. The molecule has 1 aliphatic rings. The first-order chi connectivity index (χ1) is 10.5. The van der Waals surface area contributed by atoms with Crippen molar-refractivity contribution in [1.29, 1.82) is 0 Å². The summed E-state index contributed by atoms with van der Waals surface area (Å²) >= 11 is 13.0. The van der Waals surface area contributed by atoms with Gasteiger partial charge in [-0.05, 0) is 36.8 Å². The zero-order valence-electron chi connectivity index (χ0n) is 11.4. The number of hydrogen-bond acceptors (Lipinski definition) is 3. The molecule has 2 amide bonds. The summed E-state index contributed by atoms with van der Waals surface area (Å²) in [5.41, 5.74) is 1.84. The van der Waals surface area contributed by atoms with E-state index >= 15 is 0 Å². The minimum absolute atomic E-state index is 0.136. The van der Waals surface area contributed by atoms with E-state index in [0.717, 1.165) is 30.0 Å². The summed E-state index contributed by atoms with van der Waals surface area (Å²) < 4.78 is 0.833. The fraction of sp³-hybridized carbons (Fsp3) is 0.200. The number of carbonyl (C=O) groups is 2. The lowest BCUT2D eigenvalue weighted by atomic mass is 10.2. The van der Waals surface area contributed by atoms with Crippen LogP contribution in [0.2, 0.25) is 8.67 Å². The molecule has 1 fully saturated rings. The van der Waals surface area contributed by atoms with Crippen molar-refractivity contribution >= 4 is 57.7 Å². The Morgan fingerprint density at radius 2 is 1.95 bits per heavy atom. The standard InChI is InChI=1S/C15H12Cl2N2O2S/c16-12-8-11(14(17)22-12)15(21)18-9-3-5-10(6-4-9)19-7-1-2-13(19)20/h3-6,8H,1-2,7H2,(H,18,21). The van der Waals surface area contributed by atoms with Crippen LogP contribution < -0.4 is 10.2 Å². The Labute approximate surface area is 141 Å². The van der Waals surface area contributed by atoms with Gasteiger partial charge in [0.25, 0.3) is 5.91 Å². The quantitative estimate of drug-likeness (QED) is 0.885. The third-order valence-electron chi connectivity index (χ3n) is 3.41. The average molecular weight is 355 g/mol. The third kappa shape index (κ3) is 3.11. The summed E-state index contributed by atoms with van der Waals surface area (Å²) in [5, 5.41) is 2.76. The van der Waals surface area contributed by atoms with Crippen LogP contribution in [0.4, 0.5) is 11.4 Å². The van der Waals surface area contributed by atoms with Gasteiger partial charge in [0.2, 0.25) is 5.91 Å². The molecule has 0 atom stereocenters. The van der Waals surface area contributed by atoms with Crippen LogP contribution in [-0.2, 0) is 4.79 Å². The van der Waals surface area contributed by atoms with Crippen molar-refractivity contribution in [2.24, 2.45) is 0 Å². The van der Waals surface area contributed by atoms with Crippen LogP contribution >= 0.6 is 34.5 Å². The third-order valence-corrected chi connectivity index (χ3v) is 4.90. The van der Waals surface area contributed by atoms with Gasteiger partial charge in [0, 0.05) is 24.3 Å². The Hall–Kier alpha value is -1.56. The van der Waals surface area contributed by atoms with E-state index in [1.807, 2.05) is 12.1 Å². The molecule has 0 aliphatic carbocycles. The summed E-state index contributed by atoms with van der Waals surface area (Å²) in [4.78, 5) is 25.6. The van der Waals surface area contributed by atoms with Crippen molar-refractivity contribution in [3.8, 4) is 0 Å². The van der Waals surface area contributed by atoms with E-state index in [4.69, 9.17) is 23.2 Å². The highest BCUT2D eigenvalue weighted by atomic mass is 35.5. The normalized spacial score (nSPS) is 14.5. The summed E-state index contributed by atoms with van der Waals surface area (Å²) in [6.45, 7) is 0.744. The smallest absolute Gasteiger partial charge is 0.258 e. The largest absolute Gasteiger partial charge is 0.322 e. The molecule has 1 saturated heterocycles. The Balaban J connectivity index is 1.72. The Kier molecular flexibility index (Phi) is 4.38. The van der Waals surface area contributed by atoms with E-state index < -0.39 is 0 Å². The van der Waals surface area contributed by atoms with E-state index in [0.29, 0.717) is 26.3 Å². The lowest BCUT2D eigenvalue weighted by Crippen LogP contribution is -2.23. The molecule has 1 aromatic heterocycles. The van der Waals surface area contributed by atoms with Crippen LogP contribution in [0.5, 0.6) is 0 Å². The van der Waals surface area contributed by atoms with Crippen molar-refractivity contribution in [2.45, 2.75) is 12.8 Å². The minimum atomic E-state index is -0.307. The predicted octanol–water partition coefficient (Wildman–Crippen LogP) is 4.43. The monoisotopic (exact) mass is 354 g/mol. The van der Waals surface area contributed by atoms with Crippen molar-refractivity contribution in [3.05, 3.63) is 44.6 Å². The number of halogens is 2. The lowest BCUT2D eigenvalue weighted by Gasteiger charge is -2.16. The van der Waals surface area contributed by atoms with Crippen LogP contribution in [0.1, 0.15) is 23.2 Å². The summed E-state index contributed by atoms with van der Waals surface area (Å²) in [6, 6.07) is 8.71. The number of anilines is 2. The number of thiophene rings is 1. The van der Waals surface area contributed by atoms with Crippen LogP contribution in [-0.4, -0.2) is 18.4 Å². The van der Waals surface area contributed by atoms with Gasteiger partial charge in [-0.1, -0.05) is 23.2 Å². The highest BCUT2D eigenvalue weighted by molar-refractivity contribution is 7.20. The first-order valence-electron chi connectivity index (χ1n) is 6.71. The van der Waals surface area contributed by atoms with Gasteiger partial charge in [0.15, 0.2) is 0 Å². The number of nitrogens with zero attached hydrogens (tertiary/aromatic N) is 1. The molecule has 4 nitrogen and oxygen atoms in total. The number of benzene rings is 1. The summed E-state index contributed by atoms with van der Waals surface area (Å²) in [5.74, 6) is -0.172. The van der Waals surface area contributed by atoms with Gasteiger partial charge in [0.05, 0.1) is 9.90 Å². The molecule has 0 unspecified atom stereocenters. The van der Waals surface area contributed by atoms with E-state index in [-0.39, 0.29) is 11.8 Å². The summed E-state index contributed by atoms with van der Waals surface area (Å²) in [7, 11) is 0. The first kappa shape index (κ1) is 15.3. The van der Waals surface area contributed by atoms with E-state index in [1.54, 1.807) is 23.1 Å². The molecule has 3 rings (SSSR count). The molecule has 0 bridgehead atoms. The SMILES string of the molecule is O=C(Nc1ccc(N2CCCC2=O)cc1)c1cc(Cl)sc1Cl. The van der Waals surface area contributed by atoms with Gasteiger partial charge in [-0.15, -0.1) is 11.3 Å². The maximum Gasteiger partial charge on any atom is 0.258 e. The van der Waals surface area contributed by atoms with Crippen molar-refractivity contribution < 1.29 is 9.59 Å². The molecule has 1 aliphatic heterocycles. The molecule has 0 saturated carbocycles. The predicted molar refractivity (Wildman–Crippen MR) is 90.3 cm³/mol. The van der Waals surface area contributed by atoms with Crippen molar-refractivity contribution in [3.63, 3.8) is 0 Å². The van der Waals surface area contributed by atoms with Gasteiger partial charge in [-0.2, -0.15) is 0 Å². The highest BCUT2D eigenvalue weighted by Crippen LogP contribution is 2.31. The second kappa shape index (κ2) is 6.28. The van der Waals surface area contributed by atoms with Crippen LogP contribution in [0.25, 0.3) is 0 Å². The molecular formula is C15H12Cl2N2O2S. The van der Waals surface area contributed by atoms with Crippen molar-refractivity contribution in [1.82, 2.24) is 0 Å². The second-order valence-electron chi connectivity index (χ2n) is 4.89. The minimum Gasteiger partial charge on any atom is -0.322 e. The zero-order valence-corrected chi connectivity index (χ0v) is 13.8. The molecule has 1 aromatic carbocycles. The first-order valence-corrected chi connectivity index (χ1v) is 8.28. The zero-order chi connectivity index (χ0) is 15.7. The Bertz CT molecular complexity index is 728. The topological polar surface area (TPSA) is 49.4 Å². The molecule has 0 spiro atoms. The van der Waals surface area contributed by atoms with Gasteiger partial charge in [-0.25, -0.2) is 0 Å². The molecule has 1 N–H and O–H groups in total. The Morgan fingerprint density at radius 1 is 1.23 bits per heavy atom. The van der Waals surface area contributed by atoms with E-state index in [1.165, 1.54) is 0 Å². The number of hydrogen-bond donors (Lipinski definition) is 1. The van der Waals surface area contributed by atoms with E-state index in [2.05, 4.69) is 5.32 Å². The average Bonchev–Trinajstić information content (AvgIpc) is 3.05. The number of rotatable bonds is 3. The number of amides is 2. The van der Waals surface area contributed by atoms with Crippen LogP contribution in [0.3, 0.4) is 0 Å². The molecule has 22 heavy (non-hydrogen) atoms. The molecule has 0 radical (unpaired) electrons. The fourth-order valence-corrected chi connectivity index (χ4v) is 3.80. The van der Waals surface area contributed by atoms with Gasteiger partial charge in [0.1, 0.15) is 4.34 Å².